The quantitative estimate of drug-likeness (QED) is 0.294. The standard InChI is InChI=1S/C26H30O4/c1-18(2)6-5-7-19(3)8-14-23-25(30-4)17-15-22(26(23)29)24(28)16-11-20-9-12-21(27)13-10-20/h6,8-13,15-17,27,29H,5,7,14H2,1-4H3/b16-11?,19-8+. The van der Waals surface area contributed by atoms with E-state index in [1.807, 2.05) is 0 Å². The zero-order valence-electron chi connectivity index (χ0n) is 18.1. The van der Waals surface area contributed by atoms with Crippen molar-refractivity contribution in [1.82, 2.24) is 0 Å². The van der Waals surface area contributed by atoms with E-state index in [1.54, 1.807) is 49.6 Å². The fraction of sp³-hybridized carbons (Fsp3) is 0.269. The molecule has 0 unspecified atom stereocenters. The Labute approximate surface area is 178 Å². The van der Waals surface area contributed by atoms with Crippen LogP contribution in [0.5, 0.6) is 17.2 Å². The summed E-state index contributed by atoms with van der Waals surface area (Å²) in [6.45, 7) is 6.24. The zero-order chi connectivity index (χ0) is 22.1. The molecule has 0 aliphatic heterocycles. The highest BCUT2D eigenvalue weighted by molar-refractivity contribution is 6.09. The number of aromatic hydroxyl groups is 2. The maximum atomic E-state index is 12.6. The van der Waals surface area contributed by atoms with Gasteiger partial charge in [-0.2, -0.15) is 0 Å². The largest absolute Gasteiger partial charge is 0.508 e. The number of rotatable bonds is 9. The molecule has 4 nitrogen and oxygen atoms in total. The summed E-state index contributed by atoms with van der Waals surface area (Å²) in [4.78, 5) is 12.6. The first-order chi connectivity index (χ1) is 14.3. The van der Waals surface area contributed by atoms with Crippen molar-refractivity contribution in [1.29, 1.82) is 0 Å². The molecule has 0 aliphatic carbocycles. The fourth-order valence-electron chi connectivity index (χ4n) is 3.02. The third-order valence-electron chi connectivity index (χ3n) is 4.79. The predicted molar refractivity (Wildman–Crippen MR) is 122 cm³/mol. The summed E-state index contributed by atoms with van der Waals surface area (Å²) in [5.41, 5.74) is 4.13. The van der Waals surface area contributed by atoms with Crippen molar-refractivity contribution < 1.29 is 19.7 Å². The van der Waals surface area contributed by atoms with E-state index in [2.05, 4.69) is 32.9 Å². The second kappa shape index (κ2) is 11.1. The molecule has 0 spiro atoms. The van der Waals surface area contributed by atoms with E-state index < -0.39 is 0 Å². The number of methoxy groups -OCH3 is 1. The van der Waals surface area contributed by atoms with Crippen LogP contribution < -0.4 is 4.74 Å². The number of carbonyl (C=O) groups excluding carboxylic acids is 1. The maximum absolute atomic E-state index is 12.6. The number of ether oxygens (including phenoxy) is 1. The minimum atomic E-state index is -0.297. The average molecular weight is 407 g/mol. The van der Waals surface area contributed by atoms with Crippen LogP contribution in [0.4, 0.5) is 0 Å². The highest BCUT2D eigenvalue weighted by Gasteiger charge is 2.16. The minimum absolute atomic E-state index is 0.0527. The molecule has 30 heavy (non-hydrogen) atoms. The van der Waals surface area contributed by atoms with E-state index in [1.165, 1.54) is 17.2 Å². The van der Waals surface area contributed by atoms with Gasteiger partial charge in [0.2, 0.25) is 0 Å². The molecule has 2 rings (SSSR count). The number of phenols is 2. The van der Waals surface area contributed by atoms with Crippen molar-refractivity contribution in [3.63, 3.8) is 0 Å². The van der Waals surface area contributed by atoms with Crippen molar-refractivity contribution in [2.24, 2.45) is 0 Å². The lowest BCUT2D eigenvalue weighted by Crippen LogP contribution is -2.00. The van der Waals surface area contributed by atoms with Crippen LogP contribution in [0.2, 0.25) is 0 Å². The van der Waals surface area contributed by atoms with Crippen LogP contribution in [0.1, 0.15) is 55.1 Å². The first-order valence-corrected chi connectivity index (χ1v) is 10.0. The summed E-state index contributed by atoms with van der Waals surface area (Å²) in [7, 11) is 1.55. The van der Waals surface area contributed by atoms with Gasteiger partial charge in [0, 0.05) is 5.56 Å². The highest BCUT2D eigenvalue weighted by Crippen LogP contribution is 2.33. The van der Waals surface area contributed by atoms with Crippen LogP contribution in [0, 0.1) is 0 Å². The summed E-state index contributed by atoms with van der Waals surface area (Å²) in [5, 5.41) is 20.1. The molecule has 0 saturated carbocycles. The second-order valence-electron chi connectivity index (χ2n) is 7.51. The zero-order valence-corrected chi connectivity index (χ0v) is 18.1. The van der Waals surface area contributed by atoms with Gasteiger partial charge >= 0.3 is 0 Å². The molecule has 0 radical (unpaired) electrons. The first kappa shape index (κ1) is 23.0. The van der Waals surface area contributed by atoms with E-state index in [-0.39, 0.29) is 22.8 Å². The van der Waals surface area contributed by atoms with Crippen LogP contribution in [0.3, 0.4) is 0 Å². The monoisotopic (exact) mass is 406 g/mol. The molecular formula is C26H30O4. The Morgan fingerprint density at radius 2 is 1.70 bits per heavy atom. The predicted octanol–water partition coefficient (Wildman–Crippen LogP) is 6.24. The van der Waals surface area contributed by atoms with Crippen molar-refractivity contribution in [3.05, 3.63) is 82.5 Å². The summed E-state index contributed by atoms with van der Waals surface area (Å²) in [6, 6.07) is 9.82. The van der Waals surface area contributed by atoms with Gasteiger partial charge in [-0.25, -0.2) is 0 Å². The number of phenolic OH excluding ortho intramolecular Hbond substituents is 2. The molecule has 4 heteroatoms. The van der Waals surface area contributed by atoms with E-state index in [0.29, 0.717) is 17.7 Å². The van der Waals surface area contributed by atoms with Crippen LogP contribution in [-0.2, 0) is 6.42 Å². The molecule has 2 N–H and O–H groups in total. The number of hydrogen-bond donors (Lipinski definition) is 2. The Morgan fingerprint density at radius 3 is 2.33 bits per heavy atom. The molecule has 158 valence electrons. The number of hydrogen-bond acceptors (Lipinski definition) is 4. The second-order valence-corrected chi connectivity index (χ2v) is 7.51. The Balaban J connectivity index is 2.21. The van der Waals surface area contributed by atoms with E-state index >= 15 is 0 Å². The topological polar surface area (TPSA) is 66.8 Å². The summed E-state index contributed by atoms with van der Waals surface area (Å²) < 4.78 is 5.39. The molecule has 2 aromatic rings. The molecule has 0 aliphatic rings. The summed E-state index contributed by atoms with van der Waals surface area (Å²) in [6.07, 6.45) is 9.75. The average Bonchev–Trinajstić information content (AvgIpc) is 2.71. The fourth-order valence-corrected chi connectivity index (χ4v) is 3.02. The van der Waals surface area contributed by atoms with E-state index in [4.69, 9.17) is 4.74 Å². The van der Waals surface area contributed by atoms with Crippen LogP contribution in [0.15, 0.2) is 65.8 Å². The van der Waals surface area contributed by atoms with Gasteiger partial charge in [0.1, 0.15) is 17.2 Å². The minimum Gasteiger partial charge on any atom is -0.508 e. The number of benzene rings is 2. The van der Waals surface area contributed by atoms with Gasteiger partial charge in [0.15, 0.2) is 5.78 Å². The van der Waals surface area contributed by atoms with Gasteiger partial charge in [-0.3, -0.25) is 4.79 Å². The molecule has 2 aromatic carbocycles. The van der Waals surface area contributed by atoms with Gasteiger partial charge in [-0.1, -0.05) is 41.5 Å². The van der Waals surface area contributed by atoms with E-state index in [9.17, 15) is 15.0 Å². The Kier molecular flexibility index (Phi) is 8.48. The van der Waals surface area contributed by atoms with Crippen molar-refractivity contribution in [3.8, 4) is 17.2 Å². The van der Waals surface area contributed by atoms with Gasteiger partial charge in [-0.05, 0) is 75.9 Å². The van der Waals surface area contributed by atoms with E-state index in [0.717, 1.165) is 18.4 Å². The first-order valence-electron chi connectivity index (χ1n) is 10.0. The molecule has 0 heterocycles. The normalized spacial score (nSPS) is 11.5. The number of carbonyl (C=O) groups is 1. The van der Waals surface area contributed by atoms with Gasteiger partial charge in [0.25, 0.3) is 0 Å². The Hall–Kier alpha value is -3.27. The lowest BCUT2D eigenvalue weighted by molar-refractivity contribution is 0.104. The molecule has 0 atom stereocenters. The SMILES string of the molecule is COc1ccc(C(=O)C=Cc2ccc(O)cc2)c(O)c1C/C=C(\C)CCC=C(C)C. The van der Waals surface area contributed by atoms with Crippen LogP contribution in [-0.4, -0.2) is 23.1 Å². The maximum Gasteiger partial charge on any atom is 0.189 e. The lowest BCUT2D eigenvalue weighted by atomic mass is 9.99. The lowest BCUT2D eigenvalue weighted by Gasteiger charge is -2.12. The molecular weight excluding hydrogens is 376 g/mol. The van der Waals surface area contributed by atoms with Crippen molar-refractivity contribution >= 4 is 11.9 Å². The molecule has 0 saturated heterocycles. The number of allylic oxidation sites excluding steroid dienone is 5. The summed E-state index contributed by atoms with van der Waals surface area (Å²) in [5.74, 6) is 0.372. The Bertz CT molecular complexity index is 959. The molecule has 0 amide bonds. The van der Waals surface area contributed by atoms with Crippen molar-refractivity contribution in [2.45, 2.75) is 40.0 Å². The molecule has 0 bridgehead atoms. The third kappa shape index (κ3) is 6.66. The van der Waals surface area contributed by atoms with Crippen LogP contribution >= 0.6 is 0 Å². The number of ketones is 1. The van der Waals surface area contributed by atoms with Crippen molar-refractivity contribution in [2.75, 3.05) is 7.11 Å². The molecule has 0 aromatic heterocycles. The molecule has 0 fully saturated rings. The Morgan fingerprint density at radius 1 is 1.00 bits per heavy atom. The third-order valence-corrected chi connectivity index (χ3v) is 4.79. The smallest absolute Gasteiger partial charge is 0.189 e. The summed E-state index contributed by atoms with van der Waals surface area (Å²) >= 11 is 0. The highest BCUT2D eigenvalue weighted by atomic mass is 16.5. The van der Waals surface area contributed by atoms with Crippen LogP contribution in [0.25, 0.3) is 6.08 Å². The van der Waals surface area contributed by atoms with Gasteiger partial charge < -0.3 is 14.9 Å². The van der Waals surface area contributed by atoms with Gasteiger partial charge in [-0.15, -0.1) is 0 Å². The van der Waals surface area contributed by atoms with Gasteiger partial charge in [0.05, 0.1) is 12.7 Å².